The summed E-state index contributed by atoms with van der Waals surface area (Å²) in [6, 6.07) is 9.18. The third-order valence-corrected chi connectivity index (χ3v) is 4.83. The molecule has 1 aromatic rings. The van der Waals surface area contributed by atoms with E-state index in [0.717, 1.165) is 5.56 Å². The maximum absolute atomic E-state index is 12.7. The molecule has 5 atom stereocenters. The molecule has 122 valence electrons. The van der Waals surface area contributed by atoms with E-state index in [1.54, 1.807) is 0 Å². The van der Waals surface area contributed by atoms with Crippen LogP contribution in [0.5, 0.6) is 0 Å². The van der Waals surface area contributed by atoms with E-state index < -0.39 is 11.6 Å². The Balaban J connectivity index is 1.74. The largest absolute Gasteiger partial charge is 0.461 e. The van der Waals surface area contributed by atoms with Gasteiger partial charge < -0.3 is 14.2 Å². The van der Waals surface area contributed by atoms with E-state index in [9.17, 15) is 4.79 Å². The molecule has 0 N–H and O–H groups in total. The van der Waals surface area contributed by atoms with Crippen molar-refractivity contribution in [3.8, 4) is 0 Å². The van der Waals surface area contributed by atoms with Gasteiger partial charge in [-0.15, -0.1) is 0 Å². The lowest BCUT2D eigenvalue weighted by Crippen LogP contribution is -2.56. The second-order valence-electron chi connectivity index (χ2n) is 7.12. The fourth-order valence-electron chi connectivity index (χ4n) is 3.63. The number of hydrogen-bond donors (Lipinski definition) is 0. The SMILES string of the molecule is [B][C@@H]1OC2C(C(=O)OCc3ccccc3)CC(C)C1OC2(C)C. The standard InChI is InChI=1S/C18H23BO4/c1-11-9-13(15-18(2,3)23-14(11)16(19)22-15)17(20)21-10-12-7-5-4-6-8-12/h4-8,11,13-16H,9-10H2,1-3H3/t11?,13?,14?,15?,16-/m1/s1. The van der Waals surface area contributed by atoms with E-state index in [0.29, 0.717) is 6.42 Å². The lowest BCUT2D eigenvalue weighted by atomic mass is 9.84. The quantitative estimate of drug-likeness (QED) is 0.635. The van der Waals surface area contributed by atoms with Crippen LogP contribution in [0.15, 0.2) is 30.3 Å². The summed E-state index contributed by atoms with van der Waals surface area (Å²) in [5.41, 5.74) is 0.418. The molecule has 5 heteroatoms. The van der Waals surface area contributed by atoms with Crippen molar-refractivity contribution >= 4 is 13.8 Å². The number of fused-ring (bicyclic) bond motifs is 4. The number of esters is 1. The minimum atomic E-state index is -0.554. The molecule has 2 radical (unpaired) electrons. The summed E-state index contributed by atoms with van der Waals surface area (Å²) in [6.07, 6.45) is 0.0928. The predicted octanol–water partition coefficient (Wildman–Crippen LogP) is 2.44. The molecular formula is C18H23BO4. The Labute approximate surface area is 138 Å². The summed E-state index contributed by atoms with van der Waals surface area (Å²) in [7, 11) is 6.06. The highest BCUT2D eigenvalue weighted by atomic mass is 16.6. The summed E-state index contributed by atoms with van der Waals surface area (Å²) in [4.78, 5) is 12.7. The first kappa shape index (κ1) is 16.5. The Hall–Kier alpha value is -1.33. The van der Waals surface area contributed by atoms with Crippen LogP contribution in [0.3, 0.4) is 0 Å². The minimum Gasteiger partial charge on any atom is -0.461 e. The van der Waals surface area contributed by atoms with Crippen molar-refractivity contribution in [1.29, 1.82) is 0 Å². The summed E-state index contributed by atoms with van der Waals surface area (Å²) in [5.74, 6) is -0.453. The lowest BCUT2D eigenvalue weighted by molar-refractivity contribution is -0.242. The van der Waals surface area contributed by atoms with Gasteiger partial charge in [-0.3, -0.25) is 4.79 Å². The summed E-state index contributed by atoms with van der Waals surface area (Å²) < 4.78 is 17.6. The van der Waals surface area contributed by atoms with Crippen LogP contribution < -0.4 is 0 Å². The molecule has 4 rings (SSSR count). The highest BCUT2D eigenvalue weighted by Gasteiger charge is 2.53. The van der Waals surface area contributed by atoms with E-state index in [4.69, 9.17) is 22.1 Å². The van der Waals surface area contributed by atoms with Gasteiger partial charge in [-0.2, -0.15) is 0 Å². The number of ether oxygens (including phenoxy) is 3. The average molecular weight is 314 g/mol. The first-order chi connectivity index (χ1) is 10.9. The molecule has 3 aliphatic rings. The highest BCUT2D eigenvalue weighted by Crippen LogP contribution is 2.43. The minimum absolute atomic E-state index is 0.144. The van der Waals surface area contributed by atoms with E-state index in [1.807, 2.05) is 44.2 Å². The van der Waals surface area contributed by atoms with Crippen LogP contribution >= 0.6 is 0 Å². The Morgan fingerprint density at radius 3 is 2.74 bits per heavy atom. The Kier molecular flexibility index (Phi) is 4.52. The Morgan fingerprint density at radius 1 is 1.35 bits per heavy atom. The van der Waals surface area contributed by atoms with Gasteiger partial charge in [0.05, 0.1) is 23.7 Å². The zero-order valence-corrected chi connectivity index (χ0v) is 13.9. The summed E-state index contributed by atoms with van der Waals surface area (Å²) in [5, 5.41) is 0. The number of carbonyl (C=O) groups excluding carboxylic acids is 1. The van der Waals surface area contributed by atoms with Crippen LogP contribution in [-0.4, -0.2) is 37.6 Å². The van der Waals surface area contributed by atoms with E-state index >= 15 is 0 Å². The van der Waals surface area contributed by atoms with Crippen molar-refractivity contribution in [2.75, 3.05) is 0 Å². The third kappa shape index (κ3) is 3.31. The molecule has 3 aliphatic heterocycles. The Bertz CT molecular complexity index is 559. The van der Waals surface area contributed by atoms with Crippen molar-refractivity contribution in [2.24, 2.45) is 11.8 Å². The lowest BCUT2D eigenvalue weighted by Gasteiger charge is -2.45. The van der Waals surface area contributed by atoms with Gasteiger partial charge in [0.25, 0.3) is 0 Å². The molecule has 3 heterocycles. The second kappa shape index (κ2) is 6.29. The molecule has 2 bridgehead atoms. The molecule has 1 aromatic carbocycles. The summed E-state index contributed by atoms with van der Waals surface area (Å²) in [6.45, 7) is 6.22. The molecule has 0 aliphatic carbocycles. The molecule has 0 spiro atoms. The first-order valence-corrected chi connectivity index (χ1v) is 8.18. The maximum Gasteiger partial charge on any atom is 0.312 e. The maximum atomic E-state index is 12.7. The van der Waals surface area contributed by atoms with Crippen molar-refractivity contribution < 1.29 is 19.0 Å². The number of hydrogen-bond acceptors (Lipinski definition) is 4. The van der Waals surface area contributed by atoms with Gasteiger partial charge in [-0.05, 0) is 31.7 Å². The second-order valence-corrected chi connectivity index (χ2v) is 7.12. The number of benzene rings is 1. The van der Waals surface area contributed by atoms with Crippen LogP contribution in [-0.2, 0) is 25.6 Å². The van der Waals surface area contributed by atoms with Gasteiger partial charge in [0.15, 0.2) is 0 Å². The smallest absolute Gasteiger partial charge is 0.312 e. The van der Waals surface area contributed by atoms with Gasteiger partial charge >= 0.3 is 5.97 Å². The molecule has 4 nitrogen and oxygen atoms in total. The van der Waals surface area contributed by atoms with E-state index in [1.165, 1.54) is 0 Å². The van der Waals surface area contributed by atoms with Crippen LogP contribution in [0.1, 0.15) is 32.8 Å². The van der Waals surface area contributed by atoms with Crippen LogP contribution in [0.4, 0.5) is 0 Å². The van der Waals surface area contributed by atoms with Gasteiger partial charge in [0.1, 0.15) is 14.5 Å². The van der Waals surface area contributed by atoms with Gasteiger partial charge in [0.2, 0.25) is 0 Å². The fraction of sp³-hybridized carbons (Fsp3) is 0.611. The average Bonchev–Trinajstić information content (AvgIpc) is 2.70. The molecule has 0 saturated carbocycles. The molecule has 23 heavy (non-hydrogen) atoms. The molecule has 4 unspecified atom stereocenters. The monoisotopic (exact) mass is 314 g/mol. The molecular weight excluding hydrogens is 291 g/mol. The zero-order valence-electron chi connectivity index (χ0n) is 13.9. The van der Waals surface area contributed by atoms with Crippen molar-refractivity contribution in [3.05, 3.63) is 35.9 Å². The van der Waals surface area contributed by atoms with Crippen LogP contribution in [0.2, 0.25) is 0 Å². The molecule has 3 fully saturated rings. The third-order valence-electron chi connectivity index (χ3n) is 4.83. The topological polar surface area (TPSA) is 44.8 Å². The molecule has 0 amide bonds. The van der Waals surface area contributed by atoms with E-state index in [-0.39, 0.29) is 36.6 Å². The van der Waals surface area contributed by atoms with Gasteiger partial charge in [-0.25, -0.2) is 0 Å². The molecule has 3 saturated heterocycles. The Morgan fingerprint density at radius 2 is 2.04 bits per heavy atom. The zero-order chi connectivity index (χ0) is 16.6. The van der Waals surface area contributed by atoms with Gasteiger partial charge in [0, 0.05) is 6.00 Å². The van der Waals surface area contributed by atoms with Crippen molar-refractivity contribution in [2.45, 2.75) is 57.6 Å². The van der Waals surface area contributed by atoms with Crippen LogP contribution in [0.25, 0.3) is 0 Å². The van der Waals surface area contributed by atoms with Crippen molar-refractivity contribution in [1.82, 2.24) is 0 Å². The predicted molar refractivity (Wildman–Crippen MR) is 86.9 cm³/mol. The number of carbonyl (C=O) groups is 1. The molecule has 0 aromatic heterocycles. The summed E-state index contributed by atoms with van der Waals surface area (Å²) >= 11 is 0. The first-order valence-electron chi connectivity index (χ1n) is 8.18. The fourth-order valence-corrected chi connectivity index (χ4v) is 3.63. The normalized spacial score (nSPS) is 35.5. The van der Waals surface area contributed by atoms with Crippen LogP contribution in [0, 0.1) is 11.8 Å². The van der Waals surface area contributed by atoms with Crippen molar-refractivity contribution in [3.63, 3.8) is 0 Å². The highest BCUT2D eigenvalue weighted by molar-refractivity contribution is 6.11. The van der Waals surface area contributed by atoms with E-state index in [2.05, 4.69) is 6.92 Å². The number of rotatable bonds is 3. The van der Waals surface area contributed by atoms with Gasteiger partial charge in [-0.1, -0.05) is 37.3 Å².